The maximum atomic E-state index is 11.5. The Bertz CT molecular complexity index is 1650. The fourth-order valence-electron chi connectivity index (χ4n) is 5.11. The zero-order valence-electron chi connectivity index (χ0n) is 26.9. The van der Waals surface area contributed by atoms with Crippen molar-refractivity contribution in [2.45, 2.75) is 46.2 Å². The van der Waals surface area contributed by atoms with Crippen LogP contribution < -0.4 is 15.0 Å². The van der Waals surface area contributed by atoms with Gasteiger partial charge in [0.2, 0.25) is 0 Å². The van der Waals surface area contributed by atoms with Gasteiger partial charge >= 0.3 is 5.97 Å². The normalized spacial score (nSPS) is 11.0. The van der Waals surface area contributed by atoms with E-state index in [0.29, 0.717) is 38.5 Å². The summed E-state index contributed by atoms with van der Waals surface area (Å²) in [4.78, 5) is 19.0. The van der Waals surface area contributed by atoms with Crippen LogP contribution in [0.1, 0.15) is 42.5 Å². The van der Waals surface area contributed by atoms with Gasteiger partial charge in [0.1, 0.15) is 5.75 Å². The van der Waals surface area contributed by atoms with Gasteiger partial charge in [0.05, 0.1) is 19.4 Å². The topological polar surface area (TPSA) is 63.7 Å². The Morgan fingerprint density at radius 1 is 0.870 bits per heavy atom. The summed E-state index contributed by atoms with van der Waals surface area (Å²) in [5, 5.41) is 6.71. The molecule has 1 N–H and O–H groups in total. The van der Waals surface area contributed by atoms with Crippen molar-refractivity contribution >= 4 is 28.1 Å². The number of methoxy groups -OCH3 is 1. The van der Waals surface area contributed by atoms with Crippen LogP contribution in [0.5, 0.6) is 5.75 Å². The first-order chi connectivity index (χ1) is 22.5. The third-order valence-electron chi connectivity index (χ3n) is 7.70. The first kappa shape index (κ1) is 32.8. The molecular weight excluding hydrogens is 591 g/mol. The van der Waals surface area contributed by atoms with Gasteiger partial charge in [0.25, 0.3) is 0 Å². The predicted octanol–water partition coefficient (Wildman–Crippen LogP) is 8.81. The fourth-order valence-corrected chi connectivity index (χ4v) is 5.97. The Morgan fingerprint density at radius 2 is 1.57 bits per heavy atom. The second-order valence-electron chi connectivity index (χ2n) is 11.8. The van der Waals surface area contributed by atoms with Gasteiger partial charge in [-0.25, -0.2) is 4.98 Å². The minimum absolute atomic E-state index is 0.191. The van der Waals surface area contributed by atoms with Crippen molar-refractivity contribution in [2.24, 2.45) is 5.92 Å². The summed E-state index contributed by atoms with van der Waals surface area (Å²) in [7, 11) is 1.42. The van der Waals surface area contributed by atoms with E-state index in [-0.39, 0.29) is 5.97 Å². The van der Waals surface area contributed by atoms with Crippen molar-refractivity contribution in [3.63, 3.8) is 0 Å². The fraction of sp³-hybridized carbons (Fsp3) is 0.282. The molecule has 0 aliphatic heterocycles. The van der Waals surface area contributed by atoms with E-state index >= 15 is 0 Å². The Hall–Kier alpha value is -4.62. The number of hydrogen-bond donors (Lipinski definition) is 1. The molecule has 0 bridgehead atoms. The van der Waals surface area contributed by atoms with Crippen molar-refractivity contribution in [2.75, 3.05) is 30.5 Å². The lowest BCUT2D eigenvalue weighted by atomic mass is 10.1. The summed E-state index contributed by atoms with van der Waals surface area (Å²) in [5.41, 5.74) is 7.88. The number of hydrogen-bond acceptors (Lipinski definition) is 7. The van der Waals surface area contributed by atoms with Crippen LogP contribution in [-0.4, -0.2) is 31.2 Å². The number of carbonyl (C=O) groups is 1. The number of ether oxygens (including phenoxy) is 2. The molecule has 7 heteroatoms. The summed E-state index contributed by atoms with van der Waals surface area (Å²) in [5.74, 6) is 1.15. The van der Waals surface area contributed by atoms with Gasteiger partial charge in [-0.2, -0.15) is 0 Å². The van der Waals surface area contributed by atoms with Crippen LogP contribution in [0.4, 0.5) is 10.8 Å². The van der Waals surface area contributed by atoms with E-state index in [1.54, 1.807) is 11.3 Å². The van der Waals surface area contributed by atoms with E-state index in [4.69, 9.17) is 14.5 Å². The number of nitrogens with zero attached hydrogens (tertiary/aromatic N) is 2. The SMILES string of the molecule is COC(=O)CCc1ccc(NCc2ccc(OCC(C)C)c(CN(CCc3ccccc3)c3nc(-c4ccccc4)cs3)c2)cc1. The minimum atomic E-state index is -0.191. The van der Waals surface area contributed by atoms with Gasteiger partial charge < -0.3 is 19.7 Å². The molecule has 1 aromatic heterocycles. The molecule has 238 valence electrons. The number of thiazole rings is 1. The molecule has 0 atom stereocenters. The highest BCUT2D eigenvalue weighted by Crippen LogP contribution is 2.31. The first-order valence-corrected chi connectivity index (χ1v) is 16.8. The summed E-state index contributed by atoms with van der Waals surface area (Å²) >= 11 is 1.69. The van der Waals surface area contributed by atoms with Crippen molar-refractivity contribution < 1.29 is 14.3 Å². The van der Waals surface area contributed by atoms with E-state index in [9.17, 15) is 4.79 Å². The van der Waals surface area contributed by atoms with E-state index < -0.39 is 0 Å². The number of rotatable bonds is 16. The zero-order valence-corrected chi connectivity index (χ0v) is 27.8. The molecule has 0 fully saturated rings. The summed E-state index contributed by atoms with van der Waals surface area (Å²) < 4.78 is 11.1. The molecule has 0 aliphatic rings. The van der Waals surface area contributed by atoms with Gasteiger partial charge in [0.15, 0.2) is 5.13 Å². The van der Waals surface area contributed by atoms with Crippen LogP contribution in [0.25, 0.3) is 11.3 Å². The van der Waals surface area contributed by atoms with Gasteiger partial charge in [0, 0.05) is 48.2 Å². The second-order valence-corrected chi connectivity index (χ2v) is 12.6. The third kappa shape index (κ3) is 9.69. The van der Waals surface area contributed by atoms with Gasteiger partial charge in [-0.05, 0) is 59.7 Å². The molecule has 46 heavy (non-hydrogen) atoms. The molecular formula is C39H43N3O3S. The van der Waals surface area contributed by atoms with Crippen LogP contribution in [0.3, 0.4) is 0 Å². The molecule has 4 aromatic carbocycles. The van der Waals surface area contributed by atoms with Crippen LogP contribution >= 0.6 is 11.3 Å². The average molecular weight is 634 g/mol. The van der Waals surface area contributed by atoms with Crippen molar-refractivity contribution in [1.82, 2.24) is 4.98 Å². The number of anilines is 2. The van der Waals surface area contributed by atoms with Crippen molar-refractivity contribution in [3.8, 4) is 17.0 Å². The average Bonchev–Trinajstić information content (AvgIpc) is 3.59. The first-order valence-electron chi connectivity index (χ1n) is 15.9. The Morgan fingerprint density at radius 3 is 2.28 bits per heavy atom. The quantitative estimate of drug-likeness (QED) is 0.110. The smallest absolute Gasteiger partial charge is 0.305 e. The lowest BCUT2D eigenvalue weighted by Crippen LogP contribution is -2.26. The van der Waals surface area contributed by atoms with E-state index in [0.717, 1.165) is 51.9 Å². The Labute approximate surface area is 277 Å². The van der Waals surface area contributed by atoms with Crippen LogP contribution in [0.2, 0.25) is 0 Å². The molecule has 0 aliphatic carbocycles. The highest BCUT2D eigenvalue weighted by molar-refractivity contribution is 7.14. The largest absolute Gasteiger partial charge is 0.493 e. The van der Waals surface area contributed by atoms with Gasteiger partial charge in [-0.15, -0.1) is 11.3 Å². The molecule has 0 saturated carbocycles. The molecule has 0 saturated heterocycles. The highest BCUT2D eigenvalue weighted by atomic mass is 32.1. The van der Waals surface area contributed by atoms with Crippen LogP contribution in [0, 0.1) is 5.92 Å². The molecule has 0 amide bonds. The number of aromatic nitrogens is 1. The molecule has 0 spiro atoms. The van der Waals surface area contributed by atoms with Crippen molar-refractivity contribution in [3.05, 3.63) is 131 Å². The lowest BCUT2D eigenvalue weighted by molar-refractivity contribution is -0.140. The van der Waals surface area contributed by atoms with E-state index in [1.165, 1.54) is 18.2 Å². The summed E-state index contributed by atoms with van der Waals surface area (Å²) in [6, 6.07) is 35.7. The molecule has 0 radical (unpaired) electrons. The zero-order chi connectivity index (χ0) is 32.1. The van der Waals surface area contributed by atoms with Gasteiger partial charge in [-0.1, -0.05) is 92.7 Å². The standard InChI is InChI=1S/C39H43N3O3S/c1-29(2)27-45-37-20-16-32(25-40-35-18-14-31(15-19-35)17-21-38(43)44-3)24-34(37)26-42(23-22-30-10-6-4-7-11-30)39-41-36(28-46-39)33-12-8-5-9-13-33/h4-16,18-20,24,28-29,40H,17,21-23,25-27H2,1-3H3. The van der Waals surface area contributed by atoms with Gasteiger partial charge in [-0.3, -0.25) is 4.79 Å². The lowest BCUT2D eigenvalue weighted by Gasteiger charge is -2.24. The number of benzene rings is 4. The number of esters is 1. The minimum Gasteiger partial charge on any atom is -0.493 e. The van der Waals surface area contributed by atoms with Crippen molar-refractivity contribution in [1.29, 1.82) is 0 Å². The molecule has 5 rings (SSSR count). The monoisotopic (exact) mass is 633 g/mol. The molecule has 1 heterocycles. The Balaban J connectivity index is 1.35. The highest BCUT2D eigenvalue weighted by Gasteiger charge is 2.17. The molecule has 6 nitrogen and oxygen atoms in total. The third-order valence-corrected chi connectivity index (χ3v) is 8.60. The molecule has 5 aromatic rings. The predicted molar refractivity (Wildman–Crippen MR) is 190 cm³/mol. The summed E-state index contributed by atoms with van der Waals surface area (Å²) in [6.07, 6.45) is 1.97. The number of carbonyl (C=O) groups excluding carboxylic acids is 1. The van der Waals surface area contributed by atoms with E-state index in [1.807, 2.05) is 6.07 Å². The van der Waals surface area contributed by atoms with E-state index in [2.05, 4.69) is 127 Å². The second kappa shape index (κ2) is 16.6. The maximum Gasteiger partial charge on any atom is 0.305 e. The van der Waals surface area contributed by atoms with Crippen LogP contribution in [-0.2, 0) is 35.5 Å². The Kier molecular flexibility index (Phi) is 11.8. The number of aryl methyl sites for hydroxylation is 1. The molecule has 0 unspecified atom stereocenters. The number of nitrogens with one attached hydrogen (secondary N) is 1. The van der Waals surface area contributed by atoms with Crippen LogP contribution in [0.15, 0.2) is 109 Å². The maximum absolute atomic E-state index is 11.5. The summed E-state index contributed by atoms with van der Waals surface area (Å²) in [6.45, 7) is 7.20.